The van der Waals surface area contributed by atoms with Crippen molar-refractivity contribution in [2.24, 2.45) is 5.11 Å². The Morgan fingerprint density at radius 1 is 1.42 bits per heavy atom. The van der Waals surface area contributed by atoms with Crippen molar-refractivity contribution in [3.63, 3.8) is 0 Å². The third-order valence-corrected chi connectivity index (χ3v) is 8.57. The number of hydrogen-bond acceptors (Lipinski definition) is 4. The van der Waals surface area contributed by atoms with Gasteiger partial charge in [-0.2, -0.15) is 0 Å². The number of hydrogen-bond donors (Lipinski definition) is 1. The molecule has 1 fully saturated rings. The van der Waals surface area contributed by atoms with E-state index in [9.17, 15) is 5.11 Å². The normalized spacial score (nSPS) is 32.8. The maximum Gasteiger partial charge on any atom is 0.195 e. The maximum absolute atomic E-state index is 9.91. The first-order chi connectivity index (χ1) is 8.58. The summed E-state index contributed by atoms with van der Waals surface area (Å²) in [6.45, 7) is 12.5. The molecule has 19 heavy (non-hydrogen) atoms. The van der Waals surface area contributed by atoms with E-state index in [-0.39, 0.29) is 11.1 Å². The first-order valence-electron chi connectivity index (χ1n) is 6.64. The van der Waals surface area contributed by atoms with Crippen molar-refractivity contribution in [3.8, 4) is 0 Å². The minimum absolute atomic E-state index is 0.0870. The monoisotopic (exact) mass is 287 g/mol. The summed E-state index contributed by atoms with van der Waals surface area (Å²) in [7, 11) is -1.94. The number of rotatable bonds is 3. The first-order valence-corrected chi connectivity index (χ1v) is 9.55. The molecule has 0 aromatic heterocycles. The second-order valence-corrected chi connectivity index (χ2v) is 11.4. The summed E-state index contributed by atoms with van der Waals surface area (Å²) < 4.78 is 11.8. The fraction of sp³-hybridized carbons (Fsp3) is 1.00. The third-order valence-electron chi connectivity index (χ3n) is 4.11. The van der Waals surface area contributed by atoms with E-state index in [1.54, 1.807) is 6.92 Å². The van der Waals surface area contributed by atoms with Gasteiger partial charge in [-0.25, -0.2) is 0 Å². The van der Waals surface area contributed by atoms with Gasteiger partial charge in [0, 0.05) is 11.3 Å². The van der Waals surface area contributed by atoms with Crippen molar-refractivity contribution in [1.29, 1.82) is 0 Å². The second-order valence-electron chi connectivity index (χ2n) is 6.65. The molecular weight excluding hydrogens is 262 g/mol. The van der Waals surface area contributed by atoms with Crippen LogP contribution in [0.1, 0.15) is 34.1 Å². The zero-order valence-corrected chi connectivity index (χ0v) is 13.6. The van der Waals surface area contributed by atoms with Crippen LogP contribution in [0.15, 0.2) is 5.11 Å². The van der Waals surface area contributed by atoms with Gasteiger partial charge in [0.1, 0.15) is 6.29 Å². The molecule has 0 bridgehead atoms. The van der Waals surface area contributed by atoms with E-state index in [1.165, 1.54) is 0 Å². The molecule has 0 aromatic rings. The molecule has 0 aromatic carbocycles. The standard InChI is InChI=1S/C12H25N3O3Si/c1-8-11(16)9(14-15-13)7-10(17-8)18-19(5,6)12(2,3)4/h8-11,16H,7H2,1-6H3/t8?,9-,10+,11+/m1/s1. The molecule has 1 heterocycles. The largest absolute Gasteiger partial charge is 0.392 e. The van der Waals surface area contributed by atoms with Crippen LogP contribution < -0.4 is 0 Å². The van der Waals surface area contributed by atoms with Crippen LogP contribution in [0.3, 0.4) is 0 Å². The van der Waals surface area contributed by atoms with Gasteiger partial charge in [0.2, 0.25) is 0 Å². The Labute approximate surface area is 115 Å². The van der Waals surface area contributed by atoms with E-state index < -0.39 is 26.8 Å². The molecule has 1 aliphatic heterocycles. The molecule has 1 saturated heterocycles. The molecule has 0 spiro atoms. The molecule has 110 valence electrons. The molecule has 0 saturated carbocycles. The van der Waals surface area contributed by atoms with Crippen molar-refractivity contribution >= 4 is 8.32 Å². The molecule has 1 aliphatic rings. The van der Waals surface area contributed by atoms with Crippen LogP contribution in [-0.2, 0) is 9.16 Å². The Morgan fingerprint density at radius 2 is 2.00 bits per heavy atom. The highest BCUT2D eigenvalue weighted by molar-refractivity contribution is 6.74. The number of azide groups is 1. The first kappa shape index (κ1) is 16.5. The Balaban J connectivity index is 2.78. The molecule has 7 heteroatoms. The molecule has 0 amide bonds. The fourth-order valence-corrected chi connectivity index (χ4v) is 2.95. The second kappa shape index (κ2) is 5.81. The minimum Gasteiger partial charge on any atom is -0.392 e. The van der Waals surface area contributed by atoms with Crippen molar-refractivity contribution in [1.82, 2.24) is 0 Å². The van der Waals surface area contributed by atoms with E-state index in [0.29, 0.717) is 6.42 Å². The van der Waals surface area contributed by atoms with Crippen LogP contribution in [-0.4, -0.2) is 38.0 Å². The Kier molecular flexibility index (Phi) is 5.03. The molecule has 1 N–H and O–H groups in total. The maximum atomic E-state index is 9.91. The summed E-state index contributed by atoms with van der Waals surface area (Å²) in [5.74, 6) is 0. The van der Waals surface area contributed by atoms with Crippen LogP contribution in [0.5, 0.6) is 0 Å². The van der Waals surface area contributed by atoms with Crippen LogP contribution in [0.4, 0.5) is 0 Å². The van der Waals surface area contributed by atoms with Gasteiger partial charge in [0.25, 0.3) is 0 Å². The molecule has 6 nitrogen and oxygen atoms in total. The zero-order chi connectivity index (χ0) is 14.8. The molecule has 1 rings (SSSR count). The van der Waals surface area contributed by atoms with E-state index in [0.717, 1.165) is 0 Å². The predicted octanol–water partition coefficient (Wildman–Crippen LogP) is 3.18. The van der Waals surface area contributed by atoms with Gasteiger partial charge in [-0.15, -0.1) is 0 Å². The van der Waals surface area contributed by atoms with E-state index in [4.69, 9.17) is 14.7 Å². The lowest BCUT2D eigenvalue weighted by molar-refractivity contribution is -0.191. The fourth-order valence-electron chi connectivity index (χ4n) is 1.79. The lowest BCUT2D eigenvalue weighted by atomic mass is 10.0. The number of ether oxygens (including phenoxy) is 1. The predicted molar refractivity (Wildman–Crippen MR) is 76.2 cm³/mol. The lowest BCUT2D eigenvalue weighted by Gasteiger charge is -2.43. The zero-order valence-electron chi connectivity index (χ0n) is 12.6. The summed E-state index contributed by atoms with van der Waals surface area (Å²) in [6, 6.07) is -0.483. The molecule has 0 aliphatic carbocycles. The van der Waals surface area contributed by atoms with Gasteiger partial charge < -0.3 is 14.3 Å². The summed E-state index contributed by atoms with van der Waals surface area (Å²) in [6.07, 6.45) is -1.16. The Morgan fingerprint density at radius 3 is 2.47 bits per heavy atom. The molecule has 4 atom stereocenters. The lowest BCUT2D eigenvalue weighted by Crippen LogP contribution is -2.52. The highest BCUT2D eigenvalue weighted by Crippen LogP contribution is 2.39. The Bertz CT molecular complexity index is 364. The van der Waals surface area contributed by atoms with Gasteiger partial charge in [0.15, 0.2) is 8.32 Å². The van der Waals surface area contributed by atoms with Gasteiger partial charge in [-0.05, 0) is 30.6 Å². The van der Waals surface area contributed by atoms with E-state index in [1.807, 2.05) is 0 Å². The SMILES string of the molecule is CC1O[C@@H](O[Si](C)(C)C(C)(C)C)C[C@@H](N=[N+]=[N-])[C@H]1O. The van der Waals surface area contributed by atoms with Gasteiger partial charge in [-0.1, -0.05) is 25.9 Å². The number of nitrogens with zero attached hydrogens (tertiary/aromatic N) is 3. The van der Waals surface area contributed by atoms with Crippen molar-refractivity contribution < 1.29 is 14.3 Å². The van der Waals surface area contributed by atoms with E-state index >= 15 is 0 Å². The summed E-state index contributed by atoms with van der Waals surface area (Å²) in [5.41, 5.74) is 8.54. The van der Waals surface area contributed by atoms with Gasteiger partial charge in [-0.3, -0.25) is 0 Å². The van der Waals surface area contributed by atoms with Crippen LogP contribution in [0.2, 0.25) is 18.1 Å². The van der Waals surface area contributed by atoms with Crippen LogP contribution in [0, 0.1) is 0 Å². The number of aliphatic hydroxyl groups excluding tert-OH is 1. The van der Waals surface area contributed by atoms with Crippen molar-refractivity contribution in [2.75, 3.05) is 0 Å². The average molecular weight is 287 g/mol. The minimum atomic E-state index is -1.94. The summed E-state index contributed by atoms with van der Waals surface area (Å²) in [4.78, 5) is 2.79. The van der Waals surface area contributed by atoms with Gasteiger partial charge in [0.05, 0.1) is 18.2 Å². The van der Waals surface area contributed by atoms with Crippen LogP contribution in [0.25, 0.3) is 10.4 Å². The van der Waals surface area contributed by atoms with Gasteiger partial charge >= 0.3 is 0 Å². The van der Waals surface area contributed by atoms with E-state index in [2.05, 4.69) is 43.9 Å². The molecule has 1 unspecified atom stereocenters. The topological polar surface area (TPSA) is 87.5 Å². The Hall–Kier alpha value is -0.593. The molecule has 0 radical (unpaired) electrons. The quantitative estimate of drug-likeness (QED) is 0.374. The average Bonchev–Trinajstić information content (AvgIpc) is 2.23. The highest BCUT2D eigenvalue weighted by Gasteiger charge is 2.43. The van der Waals surface area contributed by atoms with Crippen molar-refractivity contribution in [3.05, 3.63) is 10.4 Å². The van der Waals surface area contributed by atoms with Crippen LogP contribution >= 0.6 is 0 Å². The summed E-state index contributed by atoms with van der Waals surface area (Å²) in [5, 5.41) is 13.6. The highest BCUT2D eigenvalue weighted by atomic mass is 28.4. The third kappa shape index (κ3) is 3.93. The molecular formula is C12H25N3O3Si. The summed E-state index contributed by atoms with van der Waals surface area (Å²) >= 11 is 0. The number of aliphatic hydroxyl groups is 1. The van der Waals surface area contributed by atoms with Crippen molar-refractivity contribution in [2.45, 2.75) is 76.8 Å². The smallest absolute Gasteiger partial charge is 0.195 e.